The summed E-state index contributed by atoms with van der Waals surface area (Å²) in [6.45, 7) is 1.99. The molecule has 0 aliphatic heterocycles. The second-order valence-electron chi connectivity index (χ2n) is 4.30. The summed E-state index contributed by atoms with van der Waals surface area (Å²) in [6, 6.07) is 11.1. The predicted molar refractivity (Wildman–Crippen MR) is 73.8 cm³/mol. The molecule has 2 rings (SSSR count). The second kappa shape index (κ2) is 5.93. The lowest BCUT2D eigenvalue weighted by molar-refractivity contribution is 0.318. The maximum absolute atomic E-state index is 11.5. The SMILES string of the molecule is Cc1c(CCOc2ccccc2)c(O)[nH]c(=O)c1C#N. The third kappa shape index (κ3) is 2.81. The lowest BCUT2D eigenvalue weighted by Crippen LogP contribution is -2.15. The number of nitrogens with one attached hydrogen (secondary N) is 1. The zero-order valence-corrected chi connectivity index (χ0v) is 11.0. The molecule has 0 saturated heterocycles. The summed E-state index contributed by atoms with van der Waals surface area (Å²) in [7, 11) is 0. The van der Waals surface area contributed by atoms with Crippen LogP contribution >= 0.6 is 0 Å². The van der Waals surface area contributed by atoms with Crippen LogP contribution in [0.2, 0.25) is 0 Å². The molecule has 5 heteroatoms. The van der Waals surface area contributed by atoms with Crippen LogP contribution in [-0.2, 0) is 6.42 Å². The van der Waals surface area contributed by atoms with Gasteiger partial charge in [-0.15, -0.1) is 0 Å². The van der Waals surface area contributed by atoms with Gasteiger partial charge in [-0.05, 0) is 24.6 Å². The van der Waals surface area contributed by atoms with E-state index < -0.39 is 5.56 Å². The molecule has 1 aromatic carbocycles. The second-order valence-corrected chi connectivity index (χ2v) is 4.30. The average molecular weight is 270 g/mol. The molecule has 0 spiro atoms. The Morgan fingerprint density at radius 3 is 2.70 bits per heavy atom. The first kappa shape index (κ1) is 13.7. The zero-order valence-electron chi connectivity index (χ0n) is 11.0. The van der Waals surface area contributed by atoms with Crippen LogP contribution in [0.1, 0.15) is 16.7 Å². The van der Waals surface area contributed by atoms with Gasteiger partial charge in [0, 0.05) is 12.0 Å². The lowest BCUT2D eigenvalue weighted by Gasteiger charge is -2.10. The van der Waals surface area contributed by atoms with Gasteiger partial charge < -0.3 is 9.84 Å². The van der Waals surface area contributed by atoms with E-state index in [2.05, 4.69) is 4.98 Å². The molecule has 0 bridgehead atoms. The summed E-state index contributed by atoms with van der Waals surface area (Å²) >= 11 is 0. The number of benzene rings is 1. The van der Waals surface area contributed by atoms with Crippen molar-refractivity contribution >= 4 is 0 Å². The molecule has 2 N–H and O–H groups in total. The molecule has 0 unspecified atom stereocenters. The molecule has 1 heterocycles. The third-order valence-electron chi connectivity index (χ3n) is 3.05. The highest BCUT2D eigenvalue weighted by Crippen LogP contribution is 2.19. The Morgan fingerprint density at radius 1 is 1.35 bits per heavy atom. The Morgan fingerprint density at radius 2 is 2.05 bits per heavy atom. The van der Waals surface area contributed by atoms with Crippen molar-refractivity contribution in [3.05, 3.63) is 57.4 Å². The van der Waals surface area contributed by atoms with E-state index in [9.17, 15) is 9.90 Å². The summed E-state index contributed by atoms with van der Waals surface area (Å²) in [4.78, 5) is 13.7. The normalized spacial score (nSPS) is 10.0. The molecule has 0 radical (unpaired) electrons. The standard InChI is InChI=1S/C15H14N2O3/c1-10-12(14(18)17-15(19)13(10)9-16)7-8-20-11-5-3-2-4-6-11/h2-6H,7-8H2,1H3,(H2,17,18,19). The molecule has 0 saturated carbocycles. The Kier molecular flexibility index (Phi) is 4.06. The topological polar surface area (TPSA) is 86.1 Å². The Bertz CT molecular complexity index is 700. The van der Waals surface area contributed by atoms with E-state index >= 15 is 0 Å². The molecular weight excluding hydrogens is 256 g/mol. The molecule has 0 amide bonds. The van der Waals surface area contributed by atoms with Crippen LogP contribution in [-0.4, -0.2) is 16.7 Å². The van der Waals surface area contributed by atoms with Crippen molar-refractivity contribution in [1.82, 2.24) is 4.98 Å². The van der Waals surface area contributed by atoms with Gasteiger partial charge in [0.2, 0.25) is 0 Å². The maximum atomic E-state index is 11.5. The molecule has 0 fully saturated rings. The first-order chi connectivity index (χ1) is 9.63. The quantitative estimate of drug-likeness (QED) is 0.888. The molecule has 0 atom stereocenters. The number of ether oxygens (including phenoxy) is 1. The van der Waals surface area contributed by atoms with Gasteiger partial charge in [0.05, 0.1) is 6.61 Å². The predicted octanol–water partition coefficient (Wildman–Crippen LogP) is 1.88. The molecule has 2 aromatic rings. The highest BCUT2D eigenvalue weighted by Gasteiger charge is 2.13. The molecule has 102 valence electrons. The summed E-state index contributed by atoms with van der Waals surface area (Å²) in [5, 5.41) is 18.7. The molecule has 20 heavy (non-hydrogen) atoms. The number of nitriles is 1. The number of H-pyrrole nitrogens is 1. The van der Waals surface area contributed by atoms with Crippen molar-refractivity contribution in [2.24, 2.45) is 0 Å². The highest BCUT2D eigenvalue weighted by molar-refractivity contribution is 5.44. The van der Waals surface area contributed by atoms with E-state index in [1.54, 1.807) is 6.92 Å². The summed E-state index contributed by atoms with van der Waals surface area (Å²) < 4.78 is 5.54. The summed E-state index contributed by atoms with van der Waals surface area (Å²) in [5.41, 5.74) is 0.468. The van der Waals surface area contributed by atoms with Crippen molar-refractivity contribution in [2.45, 2.75) is 13.3 Å². The number of pyridine rings is 1. The van der Waals surface area contributed by atoms with Crippen molar-refractivity contribution < 1.29 is 9.84 Å². The molecular formula is C15H14N2O3. The van der Waals surface area contributed by atoms with Gasteiger partial charge in [0.1, 0.15) is 17.4 Å². The van der Waals surface area contributed by atoms with E-state index in [-0.39, 0.29) is 11.4 Å². The first-order valence-electron chi connectivity index (χ1n) is 6.16. The van der Waals surface area contributed by atoms with Gasteiger partial charge in [0.15, 0.2) is 5.88 Å². The summed E-state index contributed by atoms with van der Waals surface area (Å²) in [6.07, 6.45) is 0.401. The fourth-order valence-electron chi connectivity index (χ4n) is 1.97. The minimum atomic E-state index is -0.574. The average Bonchev–Trinajstić information content (AvgIpc) is 2.44. The van der Waals surface area contributed by atoms with E-state index in [4.69, 9.17) is 10.00 Å². The smallest absolute Gasteiger partial charge is 0.268 e. The van der Waals surface area contributed by atoms with Gasteiger partial charge in [-0.2, -0.15) is 5.26 Å². The van der Waals surface area contributed by atoms with Crippen molar-refractivity contribution in [1.29, 1.82) is 5.26 Å². The number of aromatic hydroxyl groups is 1. The maximum Gasteiger partial charge on any atom is 0.268 e. The number of para-hydroxylation sites is 1. The number of hydrogen-bond donors (Lipinski definition) is 2. The number of hydrogen-bond acceptors (Lipinski definition) is 4. The molecule has 5 nitrogen and oxygen atoms in total. The van der Waals surface area contributed by atoms with Crippen molar-refractivity contribution in [2.75, 3.05) is 6.61 Å². The highest BCUT2D eigenvalue weighted by atomic mass is 16.5. The van der Waals surface area contributed by atoms with Crippen LogP contribution in [0, 0.1) is 18.3 Å². The van der Waals surface area contributed by atoms with Crippen LogP contribution < -0.4 is 10.3 Å². The fourth-order valence-corrected chi connectivity index (χ4v) is 1.97. The largest absolute Gasteiger partial charge is 0.494 e. The van der Waals surface area contributed by atoms with Gasteiger partial charge in [-0.25, -0.2) is 0 Å². The zero-order chi connectivity index (χ0) is 14.5. The summed E-state index contributed by atoms with van der Waals surface area (Å²) in [5.74, 6) is 0.526. The van der Waals surface area contributed by atoms with E-state index in [0.29, 0.717) is 24.2 Å². The Hall–Kier alpha value is -2.74. The number of rotatable bonds is 4. The van der Waals surface area contributed by atoms with E-state index in [1.807, 2.05) is 36.4 Å². The molecule has 0 aliphatic carbocycles. The first-order valence-corrected chi connectivity index (χ1v) is 6.16. The van der Waals surface area contributed by atoms with Crippen molar-refractivity contribution in [3.8, 4) is 17.7 Å². The Balaban J connectivity index is 2.14. The van der Waals surface area contributed by atoms with Crippen LogP contribution in [0.3, 0.4) is 0 Å². The fraction of sp³-hybridized carbons (Fsp3) is 0.200. The minimum Gasteiger partial charge on any atom is -0.494 e. The van der Waals surface area contributed by atoms with Crippen LogP contribution in [0.4, 0.5) is 0 Å². The minimum absolute atomic E-state index is 0.0255. The Labute approximate surface area is 116 Å². The van der Waals surface area contributed by atoms with Crippen molar-refractivity contribution in [3.63, 3.8) is 0 Å². The van der Waals surface area contributed by atoms with E-state index in [0.717, 1.165) is 5.75 Å². The monoisotopic (exact) mass is 270 g/mol. The van der Waals surface area contributed by atoms with Gasteiger partial charge in [-0.3, -0.25) is 9.78 Å². The van der Waals surface area contributed by atoms with Gasteiger partial charge >= 0.3 is 0 Å². The number of aromatic nitrogens is 1. The number of nitrogens with zero attached hydrogens (tertiary/aromatic N) is 1. The van der Waals surface area contributed by atoms with E-state index in [1.165, 1.54) is 0 Å². The van der Waals surface area contributed by atoms with Crippen LogP contribution in [0.15, 0.2) is 35.1 Å². The molecule has 0 aliphatic rings. The third-order valence-corrected chi connectivity index (χ3v) is 3.05. The van der Waals surface area contributed by atoms with Gasteiger partial charge in [-0.1, -0.05) is 18.2 Å². The van der Waals surface area contributed by atoms with Gasteiger partial charge in [0.25, 0.3) is 5.56 Å². The molecule has 1 aromatic heterocycles. The van der Waals surface area contributed by atoms with Crippen LogP contribution in [0.25, 0.3) is 0 Å². The lowest BCUT2D eigenvalue weighted by atomic mass is 10.0. The number of aromatic amines is 1. The van der Waals surface area contributed by atoms with Crippen LogP contribution in [0.5, 0.6) is 11.6 Å².